The van der Waals surface area contributed by atoms with Crippen LogP contribution in [0.2, 0.25) is 0 Å². The molecule has 84 valence electrons. The molecule has 0 fully saturated rings. The first-order chi connectivity index (χ1) is 7.75. The first-order valence-electron chi connectivity index (χ1n) is 5.87. The van der Waals surface area contributed by atoms with Crippen LogP contribution >= 0.6 is 15.9 Å². The molecule has 0 bridgehead atoms. The minimum atomic E-state index is 0.601. The van der Waals surface area contributed by atoms with Gasteiger partial charge in [0, 0.05) is 4.48 Å². The summed E-state index contributed by atoms with van der Waals surface area (Å²) in [5, 5.41) is 0. The lowest BCUT2D eigenvalue weighted by Crippen LogP contribution is -1.97. The molecule has 1 aliphatic carbocycles. The van der Waals surface area contributed by atoms with E-state index in [1.807, 2.05) is 0 Å². The Morgan fingerprint density at radius 1 is 1.44 bits per heavy atom. The molecule has 0 heterocycles. The van der Waals surface area contributed by atoms with Crippen LogP contribution < -0.4 is 0 Å². The monoisotopic (exact) mass is 276 g/mol. The molecule has 0 aromatic heterocycles. The lowest BCUT2D eigenvalue weighted by molar-refractivity contribution is 0.632. The second-order valence-electron chi connectivity index (χ2n) is 4.41. The van der Waals surface area contributed by atoms with Gasteiger partial charge in [0.1, 0.15) is 0 Å². The molecule has 1 aromatic rings. The summed E-state index contributed by atoms with van der Waals surface area (Å²) < 4.78 is 1.22. The summed E-state index contributed by atoms with van der Waals surface area (Å²) in [6.45, 7) is 2.13. The number of hydrogen-bond acceptors (Lipinski definition) is 0. The fraction of sp³-hybridized carbons (Fsp3) is 0.333. The van der Waals surface area contributed by atoms with Gasteiger partial charge in [-0.05, 0) is 37.7 Å². The van der Waals surface area contributed by atoms with E-state index in [0.29, 0.717) is 5.92 Å². The Kier molecular flexibility index (Phi) is 4.00. The molecule has 0 nitrogen and oxygen atoms in total. The fourth-order valence-corrected chi connectivity index (χ4v) is 2.64. The minimum absolute atomic E-state index is 0.601. The number of halogens is 1. The molecule has 1 aliphatic rings. The van der Waals surface area contributed by atoms with Crippen LogP contribution in [0, 0.1) is 12.8 Å². The van der Waals surface area contributed by atoms with E-state index in [1.54, 1.807) is 0 Å². The summed E-state index contributed by atoms with van der Waals surface area (Å²) in [5.74, 6) is 0.601. The quantitative estimate of drug-likeness (QED) is 0.661. The summed E-state index contributed by atoms with van der Waals surface area (Å²) in [6, 6.07) is 8.61. The van der Waals surface area contributed by atoms with Crippen LogP contribution in [0.5, 0.6) is 0 Å². The summed E-state index contributed by atoms with van der Waals surface area (Å²) >= 11 is 3.68. The molecule has 0 N–H and O–H groups in total. The molecule has 0 saturated carbocycles. The number of benzene rings is 1. The summed E-state index contributed by atoms with van der Waals surface area (Å²) in [7, 11) is 0. The second-order valence-corrected chi connectivity index (χ2v) is 5.26. The number of rotatable bonds is 2. The SMILES string of the molecule is Cc1cccc(/C(Br)=C/C2C=CCCC2)c1. The van der Waals surface area contributed by atoms with Gasteiger partial charge in [0.05, 0.1) is 0 Å². The van der Waals surface area contributed by atoms with Crippen molar-refractivity contribution in [1.82, 2.24) is 0 Å². The highest BCUT2D eigenvalue weighted by atomic mass is 79.9. The average molecular weight is 277 g/mol. The molecule has 1 heteroatoms. The van der Waals surface area contributed by atoms with Gasteiger partial charge >= 0.3 is 0 Å². The second kappa shape index (κ2) is 5.49. The molecule has 0 radical (unpaired) electrons. The molecule has 0 amide bonds. The maximum absolute atomic E-state index is 3.68. The van der Waals surface area contributed by atoms with E-state index in [2.05, 4.69) is 65.3 Å². The van der Waals surface area contributed by atoms with Gasteiger partial charge < -0.3 is 0 Å². The molecule has 0 saturated heterocycles. The Hall–Kier alpha value is -0.820. The van der Waals surface area contributed by atoms with Crippen molar-refractivity contribution in [3.05, 3.63) is 53.6 Å². The zero-order valence-electron chi connectivity index (χ0n) is 9.62. The third-order valence-corrected chi connectivity index (χ3v) is 3.67. The smallest absolute Gasteiger partial charge is 0.0213 e. The standard InChI is InChI=1S/C15H17Br/c1-12-6-5-9-14(10-12)15(16)11-13-7-3-2-4-8-13/h3,5-7,9-11,13H,2,4,8H2,1H3/b15-11-. The van der Waals surface area contributed by atoms with E-state index < -0.39 is 0 Å². The van der Waals surface area contributed by atoms with E-state index in [4.69, 9.17) is 0 Å². The van der Waals surface area contributed by atoms with Crippen molar-refractivity contribution < 1.29 is 0 Å². The zero-order valence-corrected chi connectivity index (χ0v) is 11.2. The van der Waals surface area contributed by atoms with Crippen LogP contribution in [-0.4, -0.2) is 0 Å². The molecule has 0 aliphatic heterocycles. The zero-order chi connectivity index (χ0) is 11.4. The highest BCUT2D eigenvalue weighted by Crippen LogP contribution is 2.27. The van der Waals surface area contributed by atoms with Crippen LogP contribution in [0.1, 0.15) is 30.4 Å². The van der Waals surface area contributed by atoms with Crippen LogP contribution in [0.25, 0.3) is 4.48 Å². The van der Waals surface area contributed by atoms with Crippen LogP contribution in [-0.2, 0) is 0 Å². The van der Waals surface area contributed by atoms with Crippen LogP contribution in [0.15, 0.2) is 42.5 Å². The van der Waals surface area contributed by atoms with Crippen molar-refractivity contribution in [2.75, 3.05) is 0 Å². The number of hydrogen-bond donors (Lipinski definition) is 0. The lowest BCUT2D eigenvalue weighted by atomic mass is 9.95. The highest BCUT2D eigenvalue weighted by Gasteiger charge is 2.07. The normalized spacial score (nSPS) is 21.1. The van der Waals surface area contributed by atoms with E-state index in [0.717, 1.165) is 0 Å². The first kappa shape index (κ1) is 11.7. The Labute approximate surface area is 106 Å². The van der Waals surface area contributed by atoms with E-state index in [-0.39, 0.29) is 0 Å². The highest BCUT2D eigenvalue weighted by molar-refractivity contribution is 9.15. The molecule has 2 rings (SSSR count). The van der Waals surface area contributed by atoms with Crippen molar-refractivity contribution in [2.24, 2.45) is 5.92 Å². The summed E-state index contributed by atoms with van der Waals surface area (Å²) in [6.07, 6.45) is 10.8. The molecule has 1 atom stereocenters. The predicted octanol–water partition coefficient (Wildman–Crippen LogP) is 5.09. The molecule has 0 spiro atoms. The third-order valence-electron chi connectivity index (χ3n) is 2.95. The molecule has 16 heavy (non-hydrogen) atoms. The van der Waals surface area contributed by atoms with Crippen molar-refractivity contribution >= 4 is 20.4 Å². The minimum Gasteiger partial charge on any atom is -0.0879 e. The van der Waals surface area contributed by atoms with Crippen molar-refractivity contribution in [3.63, 3.8) is 0 Å². The van der Waals surface area contributed by atoms with Gasteiger partial charge in [-0.25, -0.2) is 0 Å². The maximum Gasteiger partial charge on any atom is 0.0213 e. The summed E-state index contributed by atoms with van der Waals surface area (Å²) in [5.41, 5.74) is 2.58. The number of aryl methyl sites for hydroxylation is 1. The van der Waals surface area contributed by atoms with E-state index >= 15 is 0 Å². The molecular formula is C15H17Br. The van der Waals surface area contributed by atoms with Gasteiger partial charge in [0.2, 0.25) is 0 Å². The summed E-state index contributed by atoms with van der Waals surface area (Å²) in [4.78, 5) is 0. The third kappa shape index (κ3) is 3.08. The van der Waals surface area contributed by atoms with Gasteiger partial charge in [-0.3, -0.25) is 0 Å². The largest absolute Gasteiger partial charge is 0.0879 e. The molecule has 1 aromatic carbocycles. The van der Waals surface area contributed by atoms with Gasteiger partial charge in [-0.2, -0.15) is 0 Å². The van der Waals surface area contributed by atoms with E-state index in [9.17, 15) is 0 Å². The van der Waals surface area contributed by atoms with Gasteiger partial charge in [-0.1, -0.05) is 64.0 Å². The van der Waals surface area contributed by atoms with Crippen molar-refractivity contribution in [2.45, 2.75) is 26.2 Å². The first-order valence-corrected chi connectivity index (χ1v) is 6.66. The average Bonchev–Trinajstić information content (AvgIpc) is 2.30. The predicted molar refractivity (Wildman–Crippen MR) is 74.6 cm³/mol. The van der Waals surface area contributed by atoms with Gasteiger partial charge in [0.25, 0.3) is 0 Å². The van der Waals surface area contributed by atoms with E-state index in [1.165, 1.54) is 34.9 Å². The fourth-order valence-electron chi connectivity index (χ4n) is 2.06. The molecule has 1 unspecified atom stereocenters. The van der Waals surface area contributed by atoms with Gasteiger partial charge in [0.15, 0.2) is 0 Å². The lowest BCUT2D eigenvalue weighted by Gasteiger charge is -2.13. The Morgan fingerprint density at radius 3 is 3.00 bits per heavy atom. The van der Waals surface area contributed by atoms with Crippen LogP contribution in [0.3, 0.4) is 0 Å². The van der Waals surface area contributed by atoms with Crippen LogP contribution in [0.4, 0.5) is 0 Å². The van der Waals surface area contributed by atoms with Crippen molar-refractivity contribution in [3.8, 4) is 0 Å². The Morgan fingerprint density at radius 2 is 2.31 bits per heavy atom. The Bertz CT molecular complexity index is 415. The van der Waals surface area contributed by atoms with Gasteiger partial charge in [-0.15, -0.1) is 0 Å². The number of allylic oxidation sites excluding steroid dienone is 3. The van der Waals surface area contributed by atoms with Crippen molar-refractivity contribution in [1.29, 1.82) is 0 Å². The maximum atomic E-state index is 3.68. The Balaban J connectivity index is 2.17. The molecular weight excluding hydrogens is 260 g/mol. The topological polar surface area (TPSA) is 0 Å².